The van der Waals surface area contributed by atoms with Gasteiger partial charge in [0.25, 0.3) is 0 Å². The quantitative estimate of drug-likeness (QED) is 0.717. The maximum atomic E-state index is 3.90. The highest BCUT2D eigenvalue weighted by atomic mass is 15.3. The van der Waals surface area contributed by atoms with E-state index in [1.165, 1.54) is 16.8 Å². The molecule has 1 heterocycles. The van der Waals surface area contributed by atoms with Crippen LogP contribution in [0.25, 0.3) is 0 Å². The van der Waals surface area contributed by atoms with Crippen LogP contribution in [0.4, 0.5) is 0 Å². The van der Waals surface area contributed by atoms with E-state index in [4.69, 9.17) is 0 Å². The van der Waals surface area contributed by atoms with E-state index in [1.54, 1.807) is 0 Å². The van der Waals surface area contributed by atoms with Crippen LogP contribution in [-0.2, 0) is 0 Å². The Morgan fingerprint density at radius 2 is 2.25 bits per heavy atom. The van der Waals surface area contributed by atoms with E-state index in [9.17, 15) is 0 Å². The molecule has 2 rings (SSSR count). The van der Waals surface area contributed by atoms with E-state index in [1.807, 2.05) is 0 Å². The van der Waals surface area contributed by atoms with Crippen molar-refractivity contribution in [3.8, 4) is 0 Å². The normalized spacial score (nSPS) is 30.7. The molecule has 2 nitrogen and oxygen atoms in total. The zero-order valence-electron chi connectivity index (χ0n) is 10.6. The Hall–Kier alpha value is -1.02. The predicted octanol–water partition coefficient (Wildman–Crippen LogP) is 2.66. The Labute approximate surface area is 98.7 Å². The molecule has 16 heavy (non-hydrogen) atoms. The molecule has 88 valence electrons. The van der Waals surface area contributed by atoms with E-state index >= 15 is 0 Å². The zero-order valence-corrected chi connectivity index (χ0v) is 10.6. The largest absolute Gasteiger partial charge is 0.355 e. The van der Waals surface area contributed by atoms with Gasteiger partial charge in [-0.25, -0.2) is 0 Å². The fourth-order valence-electron chi connectivity index (χ4n) is 2.87. The molecular weight excluding hydrogens is 196 g/mol. The molecule has 0 bridgehead atoms. The van der Waals surface area contributed by atoms with Crippen LogP contribution in [0, 0.1) is 5.92 Å². The first-order valence-corrected chi connectivity index (χ1v) is 6.14. The Bertz CT molecular complexity index is 352. The highest BCUT2D eigenvalue weighted by molar-refractivity contribution is 5.38. The van der Waals surface area contributed by atoms with E-state index in [0.29, 0.717) is 12.1 Å². The molecule has 1 aliphatic heterocycles. The summed E-state index contributed by atoms with van der Waals surface area (Å²) in [5, 5.41) is 3.48. The molecule has 0 saturated carbocycles. The van der Waals surface area contributed by atoms with E-state index in [-0.39, 0.29) is 0 Å². The number of hydrogen-bond donors (Lipinski definition) is 1. The summed E-state index contributed by atoms with van der Waals surface area (Å²) in [6.45, 7) is 12.8. The van der Waals surface area contributed by atoms with Gasteiger partial charge < -0.3 is 4.90 Å². The molecule has 0 aromatic rings. The van der Waals surface area contributed by atoms with Gasteiger partial charge in [0.05, 0.1) is 6.17 Å². The van der Waals surface area contributed by atoms with Crippen molar-refractivity contribution in [3.63, 3.8) is 0 Å². The van der Waals surface area contributed by atoms with Crippen LogP contribution in [0.5, 0.6) is 0 Å². The SMILES string of the molecule is C=CC1C=C(C)C(N2CCNC2C)=C(C)C1. The minimum Gasteiger partial charge on any atom is -0.355 e. The van der Waals surface area contributed by atoms with E-state index in [0.717, 1.165) is 19.5 Å². The Balaban J connectivity index is 2.27. The molecule has 0 aromatic carbocycles. The van der Waals surface area contributed by atoms with Crippen molar-refractivity contribution in [2.24, 2.45) is 5.92 Å². The highest BCUT2D eigenvalue weighted by Gasteiger charge is 2.26. The van der Waals surface area contributed by atoms with Gasteiger partial charge in [0.1, 0.15) is 0 Å². The van der Waals surface area contributed by atoms with Gasteiger partial charge in [0.2, 0.25) is 0 Å². The Morgan fingerprint density at radius 3 is 2.75 bits per heavy atom. The Kier molecular flexibility index (Phi) is 3.20. The molecule has 1 N–H and O–H groups in total. The first kappa shape index (κ1) is 11.5. The van der Waals surface area contributed by atoms with Crippen molar-refractivity contribution in [1.29, 1.82) is 0 Å². The van der Waals surface area contributed by atoms with Crippen LogP contribution in [0.1, 0.15) is 27.2 Å². The number of nitrogens with one attached hydrogen (secondary N) is 1. The van der Waals surface area contributed by atoms with Crippen molar-refractivity contribution in [1.82, 2.24) is 10.2 Å². The molecule has 2 aliphatic rings. The van der Waals surface area contributed by atoms with Crippen LogP contribution in [0.2, 0.25) is 0 Å². The molecule has 0 spiro atoms. The van der Waals surface area contributed by atoms with Gasteiger partial charge in [-0.3, -0.25) is 5.32 Å². The summed E-state index contributed by atoms with van der Waals surface area (Å²) in [7, 11) is 0. The zero-order chi connectivity index (χ0) is 11.7. The van der Waals surface area contributed by atoms with Crippen molar-refractivity contribution in [3.05, 3.63) is 35.6 Å². The fourth-order valence-corrected chi connectivity index (χ4v) is 2.87. The van der Waals surface area contributed by atoms with Gasteiger partial charge in [-0.2, -0.15) is 0 Å². The van der Waals surface area contributed by atoms with Crippen molar-refractivity contribution >= 4 is 0 Å². The summed E-state index contributed by atoms with van der Waals surface area (Å²) in [4.78, 5) is 2.49. The molecule has 2 heteroatoms. The number of rotatable bonds is 2. The van der Waals surface area contributed by atoms with E-state index < -0.39 is 0 Å². The van der Waals surface area contributed by atoms with E-state index in [2.05, 4.69) is 49.7 Å². The maximum Gasteiger partial charge on any atom is 0.0768 e. The highest BCUT2D eigenvalue weighted by Crippen LogP contribution is 2.32. The van der Waals surface area contributed by atoms with Crippen molar-refractivity contribution < 1.29 is 0 Å². The third kappa shape index (κ3) is 1.94. The number of nitrogens with zero attached hydrogens (tertiary/aromatic N) is 1. The fraction of sp³-hybridized carbons (Fsp3) is 0.571. The molecule has 2 unspecified atom stereocenters. The first-order chi connectivity index (χ1) is 7.63. The van der Waals surface area contributed by atoms with Crippen LogP contribution < -0.4 is 5.32 Å². The molecule has 1 aliphatic carbocycles. The minimum atomic E-state index is 0.466. The minimum absolute atomic E-state index is 0.466. The molecule has 0 radical (unpaired) electrons. The number of allylic oxidation sites excluding steroid dienone is 4. The monoisotopic (exact) mass is 218 g/mol. The van der Waals surface area contributed by atoms with Gasteiger partial charge in [-0.15, -0.1) is 6.58 Å². The van der Waals surface area contributed by atoms with Gasteiger partial charge in [-0.05, 0) is 44.3 Å². The average molecular weight is 218 g/mol. The van der Waals surface area contributed by atoms with Gasteiger partial charge >= 0.3 is 0 Å². The predicted molar refractivity (Wildman–Crippen MR) is 68.9 cm³/mol. The third-order valence-electron chi connectivity index (χ3n) is 3.63. The van der Waals surface area contributed by atoms with Crippen LogP contribution >= 0.6 is 0 Å². The van der Waals surface area contributed by atoms with Gasteiger partial charge in [-0.1, -0.05) is 12.2 Å². The second-order valence-electron chi connectivity index (χ2n) is 4.91. The molecular formula is C14H22N2. The molecule has 0 amide bonds. The second-order valence-corrected chi connectivity index (χ2v) is 4.91. The lowest BCUT2D eigenvalue weighted by molar-refractivity contribution is 0.323. The average Bonchev–Trinajstić information content (AvgIpc) is 2.64. The van der Waals surface area contributed by atoms with Crippen molar-refractivity contribution in [2.75, 3.05) is 13.1 Å². The summed E-state index contributed by atoms with van der Waals surface area (Å²) in [6.07, 6.45) is 5.99. The summed E-state index contributed by atoms with van der Waals surface area (Å²) < 4.78 is 0. The molecule has 1 fully saturated rings. The molecule has 1 saturated heterocycles. The van der Waals surface area contributed by atoms with Gasteiger partial charge in [0, 0.05) is 18.8 Å². The lowest BCUT2D eigenvalue weighted by Crippen LogP contribution is -2.34. The summed E-state index contributed by atoms with van der Waals surface area (Å²) in [5.74, 6) is 0.523. The summed E-state index contributed by atoms with van der Waals surface area (Å²) in [5.41, 5.74) is 4.36. The standard InChI is InChI=1S/C14H22N2/c1-5-13-8-10(2)14(11(3)9-13)16-7-6-15-12(16)4/h5,8,12-13,15H,1,6-7,9H2,2-4H3. The maximum absolute atomic E-state index is 3.90. The number of hydrogen-bond acceptors (Lipinski definition) is 2. The lowest BCUT2D eigenvalue weighted by Gasteiger charge is -2.32. The second kappa shape index (κ2) is 4.46. The molecule has 2 atom stereocenters. The third-order valence-corrected chi connectivity index (χ3v) is 3.63. The first-order valence-electron chi connectivity index (χ1n) is 6.14. The summed E-state index contributed by atoms with van der Waals surface area (Å²) in [6, 6.07) is 0. The Morgan fingerprint density at radius 1 is 1.50 bits per heavy atom. The lowest BCUT2D eigenvalue weighted by atomic mass is 9.88. The van der Waals surface area contributed by atoms with Crippen LogP contribution in [0.3, 0.4) is 0 Å². The topological polar surface area (TPSA) is 15.3 Å². The summed E-state index contributed by atoms with van der Waals surface area (Å²) >= 11 is 0. The molecule has 0 aromatic heterocycles. The van der Waals surface area contributed by atoms with Crippen LogP contribution in [0.15, 0.2) is 35.6 Å². The van der Waals surface area contributed by atoms with Crippen LogP contribution in [-0.4, -0.2) is 24.2 Å². The van der Waals surface area contributed by atoms with Crippen molar-refractivity contribution in [2.45, 2.75) is 33.4 Å². The smallest absolute Gasteiger partial charge is 0.0768 e. The van der Waals surface area contributed by atoms with Gasteiger partial charge in [0.15, 0.2) is 0 Å².